The Morgan fingerprint density at radius 1 is 1.40 bits per heavy atom. The summed E-state index contributed by atoms with van der Waals surface area (Å²) in [6, 6.07) is 9.40. The van der Waals surface area contributed by atoms with E-state index in [0.29, 0.717) is 0 Å². The zero-order valence-electron chi connectivity index (χ0n) is 9.39. The average Bonchev–Trinajstić information content (AvgIpc) is 2.98. The molecule has 0 bridgehead atoms. The predicted molar refractivity (Wildman–Crippen MR) is 68.2 cm³/mol. The van der Waals surface area contributed by atoms with Gasteiger partial charge in [0.15, 0.2) is 0 Å². The average molecular weight is 268 g/mol. The van der Waals surface area contributed by atoms with E-state index in [-0.39, 0.29) is 5.41 Å². The van der Waals surface area contributed by atoms with E-state index in [9.17, 15) is 0 Å². The SMILES string of the molecule is CC(C)(CNC1CC1)c1cccc(Br)c1. The Hall–Kier alpha value is -0.340. The van der Waals surface area contributed by atoms with Gasteiger partial charge in [-0.3, -0.25) is 0 Å². The van der Waals surface area contributed by atoms with Crippen molar-refractivity contribution in [2.45, 2.75) is 38.1 Å². The molecule has 1 nitrogen and oxygen atoms in total. The van der Waals surface area contributed by atoms with Crippen molar-refractivity contribution in [3.8, 4) is 0 Å². The first-order valence-corrected chi connectivity index (χ1v) is 6.37. The molecule has 0 atom stereocenters. The molecule has 2 rings (SSSR count). The Kier molecular flexibility index (Phi) is 3.17. The lowest BCUT2D eigenvalue weighted by Crippen LogP contribution is -2.34. The summed E-state index contributed by atoms with van der Waals surface area (Å²) in [4.78, 5) is 0. The standard InChI is InChI=1S/C13H18BrN/c1-13(2,9-15-12-6-7-12)10-4-3-5-11(14)8-10/h3-5,8,12,15H,6-7,9H2,1-2H3. The van der Waals surface area contributed by atoms with Crippen LogP contribution in [0.2, 0.25) is 0 Å². The third kappa shape index (κ3) is 3.05. The van der Waals surface area contributed by atoms with Gasteiger partial charge in [-0.25, -0.2) is 0 Å². The molecular weight excluding hydrogens is 250 g/mol. The maximum Gasteiger partial charge on any atom is 0.0178 e. The minimum absolute atomic E-state index is 0.215. The van der Waals surface area contributed by atoms with Crippen LogP contribution in [0.4, 0.5) is 0 Å². The Morgan fingerprint density at radius 2 is 2.13 bits per heavy atom. The zero-order valence-corrected chi connectivity index (χ0v) is 11.0. The van der Waals surface area contributed by atoms with Gasteiger partial charge in [-0.1, -0.05) is 41.9 Å². The Balaban J connectivity index is 2.05. The second-order valence-electron chi connectivity index (χ2n) is 5.05. The van der Waals surface area contributed by atoms with Gasteiger partial charge < -0.3 is 5.32 Å². The van der Waals surface area contributed by atoms with Gasteiger partial charge in [-0.15, -0.1) is 0 Å². The van der Waals surface area contributed by atoms with Gasteiger partial charge in [0.05, 0.1) is 0 Å². The molecule has 82 valence electrons. The third-order valence-corrected chi connectivity index (χ3v) is 3.51. The molecule has 1 fully saturated rings. The van der Waals surface area contributed by atoms with Crippen molar-refractivity contribution in [2.75, 3.05) is 6.54 Å². The molecule has 1 aromatic carbocycles. The normalized spacial score (nSPS) is 16.7. The van der Waals surface area contributed by atoms with Crippen molar-refractivity contribution < 1.29 is 0 Å². The molecular formula is C13H18BrN. The molecule has 15 heavy (non-hydrogen) atoms. The fourth-order valence-electron chi connectivity index (χ4n) is 1.70. The topological polar surface area (TPSA) is 12.0 Å². The van der Waals surface area contributed by atoms with Gasteiger partial charge in [0.2, 0.25) is 0 Å². The number of benzene rings is 1. The first-order valence-electron chi connectivity index (χ1n) is 5.57. The van der Waals surface area contributed by atoms with Crippen LogP contribution in [0.1, 0.15) is 32.3 Å². The number of hydrogen-bond donors (Lipinski definition) is 1. The van der Waals surface area contributed by atoms with Crippen LogP contribution >= 0.6 is 15.9 Å². The largest absolute Gasteiger partial charge is 0.313 e. The minimum atomic E-state index is 0.215. The van der Waals surface area contributed by atoms with Crippen molar-refractivity contribution in [3.63, 3.8) is 0 Å². The van der Waals surface area contributed by atoms with Crippen LogP contribution in [-0.2, 0) is 5.41 Å². The number of halogens is 1. The van der Waals surface area contributed by atoms with Gasteiger partial charge in [0.25, 0.3) is 0 Å². The first kappa shape index (κ1) is 11.2. The Labute approximate surface area is 100 Å². The first-order chi connectivity index (χ1) is 7.08. The zero-order chi connectivity index (χ0) is 10.9. The van der Waals surface area contributed by atoms with E-state index >= 15 is 0 Å². The minimum Gasteiger partial charge on any atom is -0.313 e. The van der Waals surface area contributed by atoms with Gasteiger partial charge >= 0.3 is 0 Å². The summed E-state index contributed by atoms with van der Waals surface area (Å²) in [5, 5.41) is 3.60. The molecule has 1 saturated carbocycles. The summed E-state index contributed by atoms with van der Waals surface area (Å²) in [6.45, 7) is 5.66. The van der Waals surface area contributed by atoms with E-state index in [1.165, 1.54) is 22.9 Å². The summed E-state index contributed by atoms with van der Waals surface area (Å²) in [5.41, 5.74) is 1.61. The maximum atomic E-state index is 3.60. The lowest BCUT2D eigenvalue weighted by Gasteiger charge is -2.26. The molecule has 0 amide bonds. The van der Waals surface area contributed by atoms with E-state index in [2.05, 4.69) is 59.4 Å². The highest BCUT2D eigenvalue weighted by Gasteiger charge is 2.26. The second kappa shape index (κ2) is 4.26. The van der Waals surface area contributed by atoms with E-state index < -0.39 is 0 Å². The summed E-state index contributed by atoms with van der Waals surface area (Å²) >= 11 is 3.53. The van der Waals surface area contributed by atoms with Crippen molar-refractivity contribution in [2.24, 2.45) is 0 Å². The molecule has 0 unspecified atom stereocenters. The molecule has 2 heteroatoms. The van der Waals surface area contributed by atoms with E-state index in [1.807, 2.05) is 0 Å². The van der Waals surface area contributed by atoms with Crippen molar-refractivity contribution in [1.29, 1.82) is 0 Å². The Bertz CT molecular complexity index is 342. The van der Waals surface area contributed by atoms with E-state index in [4.69, 9.17) is 0 Å². The Morgan fingerprint density at radius 3 is 2.73 bits per heavy atom. The lowest BCUT2D eigenvalue weighted by molar-refractivity contribution is 0.467. The van der Waals surface area contributed by atoms with Crippen LogP contribution in [0.15, 0.2) is 28.7 Å². The van der Waals surface area contributed by atoms with E-state index in [0.717, 1.165) is 12.6 Å². The van der Waals surface area contributed by atoms with Gasteiger partial charge in [0.1, 0.15) is 0 Å². The molecule has 0 heterocycles. The van der Waals surface area contributed by atoms with Crippen LogP contribution in [0.3, 0.4) is 0 Å². The molecule has 1 aliphatic carbocycles. The molecule has 1 N–H and O–H groups in total. The number of nitrogens with one attached hydrogen (secondary N) is 1. The molecule has 1 aromatic rings. The highest BCUT2D eigenvalue weighted by molar-refractivity contribution is 9.10. The maximum absolute atomic E-state index is 3.60. The fraction of sp³-hybridized carbons (Fsp3) is 0.538. The number of rotatable bonds is 4. The van der Waals surface area contributed by atoms with Crippen LogP contribution in [-0.4, -0.2) is 12.6 Å². The molecule has 0 spiro atoms. The van der Waals surface area contributed by atoms with E-state index in [1.54, 1.807) is 0 Å². The monoisotopic (exact) mass is 267 g/mol. The van der Waals surface area contributed by atoms with Gasteiger partial charge in [0, 0.05) is 22.5 Å². The smallest absolute Gasteiger partial charge is 0.0178 e. The van der Waals surface area contributed by atoms with Crippen LogP contribution < -0.4 is 5.32 Å². The summed E-state index contributed by atoms with van der Waals surface area (Å²) in [7, 11) is 0. The van der Waals surface area contributed by atoms with Gasteiger partial charge in [-0.05, 0) is 30.5 Å². The predicted octanol–water partition coefficient (Wildman–Crippen LogP) is 3.48. The fourth-order valence-corrected chi connectivity index (χ4v) is 2.10. The summed E-state index contributed by atoms with van der Waals surface area (Å²) in [6.07, 6.45) is 2.71. The highest BCUT2D eigenvalue weighted by atomic mass is 79.9. The number of hydrogen-bond acceptors (Lipinski definition) is 1. The highest BCUT2D eigenvalue weighted by Crippen LogP contribution is 2.27. The van der Waals surface area contributed by atoms with Crippen molar-refractivity contribution in [1.82, 2.24) is 5.32 Å². The molecule has 1 aliphatic rings. The van der Waals surface area contributed by atoms with Gasteiger partial charge in [-0.2, -0.15) is 0 Å². The molecule has 0 radical (unpaired) electrons. The third-order valence-electron chi connectivity index (χ3n) is 3.02. The molecule has 0 saturated heterocycles. The second-order valence-corrected chi connectivity index (χ2v) is 5.97. The van der Waals surface area contributed by atoms with Crippen molar-refractivity contribution in [3.05, 3.63) is 34.3 Å². The quantitative estimate of drug-likeness (QED) is 0.881. The lowest BCUT2D eigenvalue weighted by atomic mass is 9.84. The molecule has 0 aliphatic heterocycles. The summed E-state index contributed by atoms with van der Waals surface area (Å²) in [5.74, 6) is 0. The van der Waals surface area contributed by atoms with Crippen molar-refractivity contribution >= 4 is 15.9 Å². The van der Waals surface area contributed by atoms with Crippen LogP contribution in [0.5, 0.6) is 0 Å². The van der Waals surface area contributed by atoms with Crippen LogP contribution in [0, 0.1) is 0 Å². The molecule has 0 aromatic heterocycles. The summed E-state index contributed by atoms with van der Waals surface area (Å²) < 4.78 is 1.17. The van der Waals surface area contributed by atoms with Crippen LogP contribution in [0.25, 0.3) is 0 Å².